The Kier molecular flexibility index (Phi) is 3.48. The molecular weight excluding hydrogens is 168 g/mol. The van der Waals surface area contributed by atoms with Crippen LogP contribution in [0, 0.1) is 0 Å². The first-order chi connectivity index (χ1) is 5.75. The Bertz CT molecular complexity index is 258. The summed E-state index contributed by atoms with van der Waals surface area (Å²) >= 11 is 4.23. The highest BCUT2D eigenvalue weighted by Crippen LogP contribution is 2.25. The van der Waals surface area contributed by atoms with Gasteiger partial charge in [-0.2, -0.15) is 0 Å². The van der Waals surface area contributed by atoms with Gasteiger partial charge in [-0.1, -0.05) is 25.5 Å². The number of hydrogen-bond acceptors (Lipinski definition) is 2. The Hall–Kier alpha value is -0.630. The lowest BCUT2D eigenvalue weighted by Gasteiger charge is -2.04. The fourth-order valence-electron chi connectivity index (χ4n) is 1.15. The van der Waals surface area contributed by atoms with Crippen molar-refractivity contribution in [2.75, 3.05) is 0 Å². The van der Waals surface area contributed by atoms with E-state index in [1.165, 1.54) is 6.42 Å². The average Bonchev–Trinajstić information content (AvgIpc) is 2.08. The molecule has 0 fully saturated rings. The molecule has 12 heavy (non-hydrogen) atoms. The monoisotopic (exact) mass is 182 g/mol. The smallest absolute Gasteiger partial charge is 0.129 e. The molecule has 2 heteroatoms. The van der Waals surface area contributed by atoms with Crippen LogP contribution < -0.4 is 0 Å². The Labute approximate surface area is 78.8 Å². The summed E-state index contributed by atoms with van der Waals surface area (Å²) in [5.74, 6) is 0.284. The topological polar surface area (TPSA) is 20.2 Å². The molecule has 1 rings (SSSR count). The summed E-state index contributed by atoms with van der Waals surface area (Å²) in [5, 5.41) is 9.32. The van der Waals surface area contributed by atoms with Gasteiger partial charge in [0.05, 0.1) is 0 Å². The lowest BCUT2D eigenvalue weighted by molar-refractivity contribution is 0.461. The van der Waals surface area contributed by atoms with E-state index in [4.69, 9.17) is 0 Å². The minimum Gasteiger partial charge on any atom is -0.507 e. The van der Waals surface area contributed by atoms with Gasteiger partial charge < -0.3 is 5.11 Å². The highest BCUT2D eigenvalue weighted by atomic mass is 32.1. The first-order valence-corrected chi connectivity index (χ1v) is 4.70. The van der Waals surface area contributed by atoms with Gasteiger partial charge in [0.15, 0.2) is 0 Å². The fraction of sp³-hybridized carbons (Fsp3) is 0.400. The molecule has 1 aromatic rings. The number of unbranched alkanes of at least 4 members (excludes halogenated alkanes) is 1. The number of aryl methyl sites for hydroxylation is 1. The van der Waals surface area contributed by atoms with Crippen LogP contribution in [0.3, 0.4) is 0 Å². The van der Waals surface area contributed by atoms with Crippen molar-refractivity contribution < 1.29 is 5.11 Å². The predicted octanol–water partition coefficient (Wildman–Crippen LogP) is 3.02. The van der Waals surface area contributed by atoms with Gasteiger partial charge in [0.1, 0.15) is 5.75 Å². The average molecular weight is 182 g/mol. The van der Waals surface area contributed by atoms with Gasteiger partial charge in [-0.3, -0.25) is 0 Å². The second-order valence-corrected chi connectivity index (χ2v) is 3.34. The second kappa shape index (κ2) is 4.41. The molecule has 0 aliphatic carbocycles. The molecule has 66 valence electrons. The highest BCUT2D eigenvalue weighted by molar-refractivity contribution is 7.80. The summed E-state index contributed by atoms with van der Waals surface area (Å²) in [5.41, 5.74) is 1.14. The minimum absolute atomic E-state index is 0.284. The zero-order chi connectivity index (χ0) is 8.97. The van der Waals surface area contributed by atoms with Crippen molar-refractivity contribution in [3.8, 4) is 5.75 Å². The van der Waals surface area contributed by atoms with Gasteiger partial charge in [0, 0.05) is 4.90 Å². The van der Waals surface area contributed by atoms with Crippen LogP contribution in [0.5, 0.6) is 5.75 Å². The van der Waals surface area contributed by atoms with Gasteiger partial charge in [-0.15, -0.1) is 12.6 Å². The third-order valence-corrected chi connectivity index (χ3v) is 2.41. The molecule has 0 saturated heterocycles. The molecule has 0 spiro atoms. The van der Waals surface area contributed by atoms with Crippen LogP contribution in [0.1, 0.15) is 25.3 Å². The maximum atomic E-state index is 9.32. The molecule has 0 saturated carbocycles. The van der Waals surface area contributed by atoms with E-state index in [0.29, 0.717) is 0 Å². The lowest BCUT2D eigenvalue weighted by Crippen LogP contribution is -1.86. The zero-order valence-electron chi connectivity index (χ0n) is 7.25. The van der Waals surface area contributed by atoms with Crippen molar-refractivity contribution in [1.82, 2.24) is 0 Å². The molecular formula is C10H14OS. The Balaban J connectivity index is 2.78. The lowest BCUT2D eigenvalue weighted by atomic mass is 10.1. The van der Waals surface area contributed by atoms with Gasteiger partial charge >= 0.3 is 0 Å². The van der Waals surface area contributed by atoms with E-state index in [9.17, 15) is 5.11 Å². The number of phenolic OH excluding ortho intramolecular Hbond substituents is 1. The fourth-order valence-corrected chi connectivity index (χ4v) is 1.41. The SMILES string of the molecule is CCCCc1cccc(O)c1S. The third kappa shape index (κ3) is 2.18. The number of rotatable bonds is 3. The zero-order valence-corrected chi connectivity index (χ0v) is 8.14. The highest BCUT2D eigenvalue weighted by Gasteiger charge is 2.01. The van der Waals surface area contributed by atoms with Crippen LogP contribution in [0.2, 0.25) is 0 Å². The normalized spacial score (nSPS) is 10.2. The van der Waals surface area contributed by atoms with Crippen molar-refractivity contribution in [3.63, 3.8) is 0 Å². The molecule has 0 heterocycles. The molecule has 0 amide bonds. The first-order valence-electron chi connectivity index (χ1n) is 4.25. The summed E-state index contributed by atoms with van der Waals surface area (Å²) in [7, 11) is 0. The van der Waals surface area contributed by atoms with Crippen LogP contribution in [0.15, 0.2) is 23.1 Å². The summed E-state index contributed by atoms with van der Waals surface area (Å²) in [4.78, 5) is 0.728. The van der Waals surface area contributed by atoms with Gasteiger partial charge in [0.2, 0.25) is 0 Å². The van der Waals surface area contributed by atoms with Crippen LogP contribution in [-0.2, 0) is 6.42 Å². The quantitative estimate of drug-likeness (QED) is 0.688. The Morgan fingerprint density at radius 3 is 2.83 bits per heavy atom. The molecule has 1 N–H and O–H groups in total. The van der Waals surface area contributed by atoms with E-state index in [1.54, 1.807) is 6.07 Å². The molecule has 1 aromatic carbocycles. The van der Waals surface area contributed by atoms with Crippen LogP contribution in [-0.4, -0.2) is 5.11 Å². The van der Waals surface area contributed by atoms with E-state index >= 15 is 0 Å². The third-order valence-electron chi connectivity index (χ3n) is 1.90. The summed E-state index contributed by atoms with van der Waals surface area (Å²) in [6.07, 6.45) is 3.32. The van der Waals surface area contributed by atoms with Gasteiger partial charge in [-0.25, -0.2) is 0 Å². The summed E-state index contributed by atoms with van der Waals surface area (Å²) in [6, 6.07) is 5.54. The number of thiol groups is 1. The predicted molar refractivity (Wildman–Crippen MR) is 54.0 cm³/mol. The number of hydrogen-bond donors (Lipinski definition) is 2. The van der Waals surface area contributed by atoms with E-state index in [1.807, 2.05) is 12.1 Å². The standard InChI is InChI=1S/C10H14OS/c1-2-3-5-8-6-4-7-9(11)10(8)12/h4,6-7,11-12H,2-3,5H2,1H3. The van der Waals surface area contributed by atoms with Crippen molar-refractivity contribution in [2.24, 2.45) is 0 Å². The Morgan fingerprint density at radius 1 is 1.42 bits per heavy atom. The molecule has 0 radical (unpaired) electrons. The Morgan fingerprint density at radius 2 is 2.17 bits per heavy atom. The summed E-state index contributed by atoms with van der Waals surface area (Å²) < 4.78 is 0. The van der Waals surface area contributed by atoms with Crippen LogP contribution >= 0.6 is 12.6 Å². The molecule has 0 aromatic heterocycles. The van der Waals surface area contributed by atoms with E-state index in [-0.39, 0.29) is 5.75 Å². The largest absolute Gasteiger partial charge is 0.507 e. The minimum atomic E-state index is 0.284. The number of benzene rings is 1. The maximum absolute atomic E-state index is 9.32. The van der Waals surface area contributed by atoms with Crippen LogP contribution in [0.4, 0.5) is 0 Å². The number of aromatic hydroxyl groups is 1. The van der Waals surface area contributed by atoms with E-state index < -0.39 is 0 Å². The van der Waals surface area contributed by atoms with Crippen molar-refractivity contribution in [3.05, 3.63) is 23.8 Å². The number of phenols is 1. The second-order valence-electron chi connectivity index (χ2n) is 2.89. The van der Waals surface area contributed by atoms with Crippen molar-refractivity contribution >= 4 is 12.6 Å². The van der Waals surface area contributed by atoms with E-state index in [2.05, 4.69) is 19.6 Å². The van der Waals surface area contributed by atoms with Crippen molar-refractivity contribution in [1.29, 1.82) is 0 Å². The molecule has 0 unspecified atom stereocenters. The summed E-state index contributed by atoms with van der Waals surface area (Å²) in [6.45, 7) is 2.15. The van der Waals surface area contributed by atoms with Gasteiger partial charge in [0.25, 0.3) is 0 Å². The van der Waals surface area contributed by atoms with E-state index in [0.717, 1.165) is 23.3 Å². The molecule has 0 atom stereocenters. The molecule has 0 bridgehead atoms. The van der Waals surface area contributed by atoms with Crippen LogP contribution in [0.25, 0.3) is 0 Å². The maximum Gasteiger partial charge on any atom is 0.129 e. The van der Waals surface area contributed by atoms with Gasteiger partial charge in [-0.05, 0) is 24.5 Å². The molecule has 0 aliphatic rings. The van der Waals surface area contributed by atoms with Crippen molar-refractivity contribution in [2.45, 2.75) is 31.1 Å². The first kappa shape index (κ1) is 9.46. The molecule has 0 aliphatic heterocycles. The molecule has 1 nitrogen and oxygen atoms in total.